The van der Waals surface area contributed by atoms with Gasteiger partial charge in [-0.3, -0.25) is 0 Å². The van der Waals surface area contributed by atoms with Gasteiger partial charge >= 0.3 is 0 Å². The highest BCUT2D eigenvalue weighted by atomic mass is 16.3. The smallest absolute Gasteiger partial charge is 0.115 e. The molecular weight excluding hydrogens is 268 g/mol. The molecule has 0 aliphatic heterocycles. The van der Waals surface area contributed by atoms with Crippen LogP contribution in [0.25, 0.3) is 0 Å². The Morgan fingerprint density at radius 2 is 1.45 bits per heavy atom. The topological polar surface area (TPSA) is 20.2 Å². The molecule has 1 heteroatoms. The van der Waals surface area contributed by atoms with Crippen molar-refractivity contribution in [3.63, 3.8) is 0 Å². The molecule has 1 N–H and O–H groups in total. The number of allylic oxidation sites excluding steroid dienone is 4. The summed E-state index contributed by atoms with van der Waals surface area (Å²) in [6.45, 7) is 2.19. The SMILES string of the molecule is CC/C=C/CCCCCCC/C=C/CCc1cccc(O)c1. The lowest BCUT2D eigenvalue weighted by atomic mass is 10.1. The molecule has 1 aromatic carbocycles. The van der Waals surface area contributed by atoms with Gasteiger partial charge in [0.2, 0.25) is 0 Å². The molecule has 0 atom stereocenters. The summed E-state index contributed by atoms with van der Waals surface area (Å²) in [5.74, 6) is 0.367. The van der Waals surface area contributed by atoms with Gasteiger partial charge in [-0.1, -0.05) is 62.6 Å². The minimum atomic E-state index is 0.367. The van der Waals surface area contributed by atoms with Crippen LogP contribution in [0, 0.1) is 0 Å². The summed E-state index contributed by atoms with van der Waals surface area (Å²) >= 11 is 0. The Morgan fingerprint density at radius 1 is 0.818 bits per heavy atom. The van der Waals surface area contributed by atoms with Crippen LogP contribution in [0.5, 0.6) is 5.75 Å². The lowest BCUT2D eigenvalue weighted by Crippen LogP contribution is -1.82. The normalized spacial score (nSPS) is 11.7. The second-order valence-electron chi connectivity index (χ2n) is 5.90. The maximum atomic E-state index is 9.40. The van der Waals surface area contributed by atoms with E-state index in [9.17, 15) is 5.11 Å². The maximum Gasteiger partial charge on any atom is 0.115 e. The van der Waals surface area contributed by atoms with Crippen LogP contribution >= 0.6 is 0 Å². The fraction of sp³-hybridized carbons (Fsp3) is 0.524. The maximum absolute atomic E-state index is 9.40. The number of hydrogen-bond donors (Lipinski definition) is 1. The van der Waals surface area contributed by atoms with Crippen LogP contribution in [0.15, 0.2) is 48.6 Å². The molecule has 0 bridgehead atoms. The summed E-state index contributed by atoms with van der Waals surface area (Å²) in [4.78, 5) is 0. The van der Waals surface area contributed by atoms with Gasteiger partial charge in [0.15, 0.2) is 0 Å². The summed E-state index contributed by atoms with van der Waals surface area (Å²) in [6, 6.07) is 7.55. The third-order valence-corrected chi connectivity index (χ3v) is 3.82. The van der Waals surface area contributed by atoms with Crippen LogP contribution in [0.4, 0.5) is 0 Å². The van der Waals surface area contributed by atoms with E-state index in [1.165, 1.54) is 50.5 Å². The van der Waals surface area contributed by atoms with E-state index >= 15 is 0 Å². The second-order valence-corrected chi connectivity index (χ2v) is 5.90. The predicted octanol–water partition coefficient (Wildman–Crippen LogP) is 6.58. The summed E-state index contributed by atoms with van der Waals surface area (Å²) in [6.07, 6.45) is 21.6. The number of benzene rings is 1. The molecule has 1 rings (SSSR count). The molecule has 0 aliphatic rings. The zero-order chi connectivity index (χ0) is 15.9. The van der Waals surface area contributed by atoms with Crippen molar-refractivity contribution in [1.29, 1.82) is 0 Å². The Kier molecular flexibility index (Phi) is 11.1. The molecule has 0 amide bonds. The Balaban J connectivity index is 1.91. The fourth-order valence-electron chi connectivity index (χ4n) is 2.54. The van der Waals surface area contributed by atoms with Gasteiger partial charge in [-0.2, -0.15) is 0 Å². The average Bonchev–Trinajstić information content (AvgIpc) is 2.52. The highest BCUT2D eigenvalue weighted by Crippen LogP contribution is 2.13. The van der Waals surface area contributed by atoms with Gasteiger partial charge in [0.1, 0.15) is 5.75 Å². The minimum Gasteiger partial charge on any atom is -0.508 e. The lowest BCUT2D eigenvalue weighted by molar-refractivity contribution is 0.474. The molecule has 1 aromatic rings. The van der Waals surface area contributed by atoms with Crippen LogP contribution in [-0.2, 0) is 6.42 Å². The first-order chi connectivity index (χ1) is 10.8. The predicted molar refractivity (Wildman–Crippen MR) is 97.3 cm³/mol. The van der Waals surface area contributed by atoms with Crippen LogP contribution in [0.1, 0.15) is 70.3 Å². The molecular formula is C21H32O. The second kappa shape index (κ2) is 13.2. The first kappa shape index (κ1) is 18.5. The van der Waals surface area contributed by atoms with Crippen molar-refractivity contribution < 1.29 is 5.11 Å². The van der Waals surface area contributed by atoms with E-state index in [0.29, 0.717) is 5.75 Å². The van der Waals surface area contributed by atoms with E-state index < -0.39 is 0 Å². The van der Waals surface area contributed by atoms with Gasteiger partial charge in [0.05, 0.1) is 0 Å². The van der Waals surface area contributed by atoms with Crippen molar-refractivity contribution >= 4 is 0 Å². The minimum absolute atomic E-state index is 0.367. The molecule has 0 aromatic heterocycles. The van der Waals surface area contributed by atoms with E-state index in [1.54, 1.807) is 6.07 Å². The number of rotatable bonds is 12. The van der Waals surface area contributed by atoms with Gasteiger partial charge < -0.3 is 5.11 Å². The molecule has 0 heterocycles. The van der Waals surface area contributed by atoms with Crippen molar-refractivity contribution in [2.45, 2.75) is 71.1 Å². The van der Waals surface area contributed by atoms with E-state index in [4.69, 9.17) is 0 Å². The molecule has 22 heavy (non-hydrogen) atoms. The monoisotopic (exact) mass is 300 g/mol. The molecule has 0 fully saturated rings. The standard InChI is InChI=1S/C21H32O/c1-2-3-4-5-6-7-8-9-10-11-12-13-14-16-20-17-15-18-21(22)19-20/h3-4,12-13,15,17-19,22H,2,5-11,14,16H2,1H3/b4-3+,13-12+. The van der Waals surface area contributed by atoms with E-state index in [1.807, 2.05) is 12.1 Å². The Labute approximate surface area is 136 Å². The molecule has 0 saturated carbocycles. The Hall–Kier alpha value is -1.50. The molecule has 0 aliphatic carbocycles. The lowest BCUT2D eigenvalue weighted by Gasteiger charge is -1.99. The van der Waals surface area contributed by atoms with Crippen molar-refractivity contribution in [1.82, 2.24) is 0 Å². The fourth-order valence-corrected chi connectivity index (χ4v) is 2.54. The van der Waals surface area contributed by atoms with E-state index in [0.717, 1.165) is 19.3 Å². The van der Waals surface area contributed by atoms with Crippen molar-refractivity contribution in [2.75, 3.05) is 0 Å². The van der Waals surface area contributed by atoms with Crippen LogP contribution in [-0.4, -0.2) is 5.11 Å². The van der Waals surface area contributed by atoms with Gasteiger partial charge in [0, 0.05) is 0 Å². The van der Waals surface area contributed by atoms with Gasteiger partial charge in [-0.15, -0.1) is 0 Å². The molecule has 0 spiro atoms. The van der Waals surface area contributed by atoms with Crippen LogP contribution < -0.4 is 0 Å². The van der Waals surface area contributed by atoms with Gasteiger partial charge in [0.25, 0.3) is 0 Å². The number of phenols is 1. The first-order valence-electron chi connectivity index (χ1n) is 8.91. The van der Waals surface area contributed by atoms with Crippen molar-refractivity contribution in [2.24, 2.45) is 0 Å². The van der Waals surface area contributed by atoms with Gasteiger partial charge in [-0.25, -0.2) is 0 Å². The van der Waals surface area contributed by atoms with Gasteiger partial charge in [-0.05, 0) is 62.6 Å². The third kappa shape index (κ3) is 10.3. The van der Waals surface area contributed by atoms with Crippen molar-refractivity contribution in [3.8, 4) is 5.75 Å². The number of unbranched alkanes of at least 4 members (excludes halogenated alkanes) is 6. The molecule has 1 nitrogen and oxygen atoms in total. The third-order valence-electron chi connectivity index (χ3n) is 3.82. The highest BCUT2D eigenvalue weighted by Gasteiger charge is 1.93. The van der Waals surface area contributed by atoms with E-state index in [2.05, 4.69) is 37.3 Å². The number of aromatic hydroxyl groups is 1. The van der Waals surface area contributed by atoms with Crippen LogP contribution in [0.3, 0.4) is 0 Å². The average molecular weight is 300 g/mol. The number of hydrogen-bond acceptors (Lipinski definition) is 1. The number of phenolic OH excluding ortho intramolecular Hbond substituents is 1. The quantitative estimate of drug-likeness (QED) is 0.341. The van der Waals surface area contributed by atoms with E-state index in [-0.39, 0.29) is 0 Å². The van der Waals surface area contributed by atoms with Crippen LogP contribution in [0.2, 0.25) is 0 Å². The summed E-state index contributed by atoms with van der Waals surface area (Å²) in [5, 5.41) is 9.40. The summed E-state index contributed by atoms with van der Waals surface area (Å²) in [7, 11) is 0. The zero-order valence-electron chi connectivity index (χ0n) is 14.1. The van der Waals surface area contributed by atoms with Crippen molar-refractivity contribution in [3.05, 3.63) is 54.1 Å². The molecule has 0 radical (unpaired) electrons. The Morgan fingerprint density at radius 3 is 2.14 bits per heavy atom. The summed E-state index contributed by atoms with van der Waals surface area (Å²) in [5.41, 5.74) is 1.21. The first-order valence-corrected chi connectivity index (χ1v) is 8.91. The number of aryl methyl sites for hydroxylation is 1. The Bertz CT molecular complexity index is 431. The zero-order valence-corrected chi connectivity index (χ0v) is 14.1. The largest absolute Gasteiger partial charge is 0.508 e. The molecule has 122 valence electrons. The summed E-state index contributed by atoms with van der Waals surface area (Å²) < 4.78 is 0. The highest BCUT2D eigenvalue weighted by molar-refractivity contribution is 5.27. The molecule has 0 unspecified atom stereocenters. The molecule has 0 saturated heterocycles.